The van der Waals surface area contributed by atoms with E-state index in [1.54, 1.807) is 6.20 Å². The molecule has 3 aromatic rings. The minimum atomic E-state index is 0.641. The van der Waals surface area contributed by atoms with Gasteiger partial charge in [0, 0.05) is 21.4 Å². The molecule has 1 aromatic heterocycles. The second-order valence-corrected chi connectivity index (χ2v) is 4.80. The molecule has 0 bridgehead atoms. The molecule has 0 unspecified atom stereocenters. The molecule has 0 radical (unpaired) electrons. The van der Waals surface area contributed by atoms with E-state index in [4.69, 9.17) is 11.6 Å². The highest BCUT2D eigenvalue weighted by Gasteiger charge is 2.06. The highest BCUT2D eigenvalue weighted by atomic mass is 79.9. The summed E-state index contributed by atoms with van der Waals surface area (Å²) in [5.41, 5.74) is 0.981. The maximum absolute atomic E-state index is 6.03. The van der Waals surface area contributed by atoms with Gasteiger partial charge in [0.2, 0.25) is 0 Å². The van der Waals surface area contributed by atoms with Gasteiger partial charge in [0.15, 0.2) is 0 Å². The Hall–Kier alpha value is -1.12. The molecule has 0 fully saturated rings. The summed E-state index contributed by atoms with van der Waals surface area (Å²) in [4.78, 5) is 4.41. The van der Waals surface area contributed by atoms with Gasteiger partial charge in [-0.1, -0.05) is 48.0 Å². The lowest BCUT2D eigenvalue weighted by atomic mass is 10.1. The third-order valence-electron chi connectivity index (χ3n) is 2.65. The van der Waals surface area contributed by atoms with Crippen molar-refractivity contribution >= 4 is 49.2 Å². The van der Waals surface area contributed by atoms with Crippen LogP contribution in [0.4, 0.5) is 0 Å². The number of hydrogen-bond acceptors (Lipinski definition) is 1. The van der Waals surface area contributed by atoms with E-state index < -0.39 is 0 Å². The van der Waals surface area contributed by atoms with Crippen LogP contribution in [0.3, 0.4) is 0 Å². The lowest BCUT2D eigenvalue weighted by Gasteiger charge is -2.05. The maximum atomic E-state index is 6.03. The number of benzene rings is 2. The molecule has 3 heteroatoms. The van der Waals surface area contributed by atoms with E-state index in [9.17, 15) is 0 Å². The van der Waals surface area contributed by atoms with E-state index in [1.165, 1.54) is 5.39 Å². The Morgan fingerprint density at radius 1 is 1.00 bits per heavy atom. The Kier molecular flexibility index (Phi) is 2.34. The molecule has 0 atom stereocenters. The van der Waals surface area contributed by atoms with Gasteiger partial charge in [-0.25, -0.2) is 0 Å². The standard InChI is InChI=1S/C13H7BrClN/c14-12-10-6-5-8-3-1-2-4-9(8)13(10)16-7-11(12)15/h1-7H. The van der Waals surface area contributed by atoms with E-state index >= 15 is 0 Å². The van der Waals surface area contributed by atoms with Crippen molar-refractivity contribution in [1.82, 2.24) is 4.98 Å². The van der Waals surface area contributed by atoms with Crippen LogP contribution in [0.15, 0.2) is 47.1 Å². The van der Waals surface area contributed by atoms with Crippen LogP contribution in [0.5, 0.6) is 0 Å². The van der Waals surface area contributed by atoms with Crippen LogP contribution in [0, 0.1) is 0 Å². The summed E-state index contributed by atoms with van der Waals surface area (Å²) in [5, 5.41) is 4.03. The Labute approximate surface area is 106 Å². The van der Waals surface area contributed by atoms with Crippen molar-refractivity contribution in [1.29, 1.82) is 0 Å². The van der Waals surface area contributed by atoms with Crippen molar-refractivity contribution in [3.05, 3.63) is 52.1 Å². The molecule has 16 heavy (non-hydrogen) atoms. The molecule has 0 N–H and O–H groups in total. The molecular formula is C13H7BrClN. The van der Waals surface area contributed by atoms with Crippen molar-refractivity contribution < 1.29 is 0 Å². The monoisotopic (exact) mass is 291 g/mol. The highest BCUT2D eigenvalue weighted by Crippen LogP contribution is 2.33. The van der Waals surface area contributed by atoms with Gasteiger partial charge in [0.05, 0.1) is 10.5 Å². The zero-order valence-electron chi connectivity index (χ0n) is 8.24. The number of nitrogens with zero attached hydrogens (tertiary/aromatic N) is 1. The summed E-state index contributed by atoms with van der Waals surface area (Å²) in [7, 11) is 0. The van der Waals surface area contributed by atoms with Crippen molar-refractivity contribution in [2.75, 3.05) is 0 Å². The molecule has 0 saturated heterocycles. The smallest absolute Gasteiger partial charge is 0.0792 e. The first-order chi connectivity index (χ1) is 7.77. The van der Waals surface area contributed by atoms with Gasteiger partial charge in [-0.15, -0.1) is 0 Å². The highest BCUT2D eigenvalue weighted by molar-refractivity contribution is 9.10. The zero-order valence-corrected chi connectivity index (χ0v) is 10.6. The largest absolute Gasteiger partial charge is 0.254 e. The molecule has 1 nitrogen and oxygen atoms in total. The Bertz CT molecular complexity index is 694. The summed E-state index contributed by atoms with van der Waals surface area (Å²) in [6.07, 6.45) is 1.68. The number of pyridine rings is 1. The summed E-state index contributed by atoms with van der Waals surface area (Å²) >= 11 is 9.52. The molecule has 0 aliphatic rings. The summed E-state index contributed by atoms with van der Waals surface area (Å²) in [6.45, 7) is 0. The lowest BCUT2D eigenvalue weighted by Crippen LogP contribution is -1.83. The molecular weight excluding hydrogens is 286 g/mol. The summed E-state index contributed by atoms with van der Waals surface area (Å²) < 4.78 is 0.907. The number of rotatable bonds is 0. The second kappa shape index (κ2) is 3.72. The molecule has 0 spiro atoms. The third-order valence-corrected chi connectivity index (χ3v) is 4.02. The Balaban J connectivity index is 2.58. The SMILES string of the molecule is Clc1cnc2c(ccc3ccccc32)c1Br. The minimum Gasteiger partial charge on any atom is -0.254 e. The van der Waals surface area contributed by atoms with E-state index in [2.05, 4.69) is 39.1 Å². The van der Waals surface area contributed by atoms with Gasteiger partial charge >= 0.3 is 0 Å². The first-order valence-corrected chi connectivity index (χ1v) is 6.06. The lowest BCUT2D eigenvalue weighted by molar-refractivity contribution is 1.41. The van der Waals surface area contributed by atoms with Crippen LogP contribution >= 0.6 is 27.5 Å². The molecule has 1 heterocycles. The summed E-state index contributed by atoms with van der Waals surface area (Å²) in [5.74, 6) is 0. The second-order valence-electron chi connectivity index (χ2n) is 3.60. The Morgan fingerprint density at radius 2 is 1.81 bits per heavy atom. The fourth-order valence-corrected chi connectivity index (χ4v) is 2.45. The number of halogens is 2. The van der Waals surface area contributed by atoms with Gasteiger partial charge in [-0.05, 0) is 21.3 Å². The topological polar surface area (TPSA) is 12.9 Å². The third kappa shape index (κ3) is 1.41. The normalized spacial score (nSPS) is 11.1. The Morgan fingerprint density at radius 3 is 2.69 bits per heavy atom. The van der Waals surface area contributed by atoms with Gasteiger partial charge in [0.25, 0.3) is 0 Å². The molecule has 0 amide bonds. The van der Waals surface area contributed by atoms with Crippen LogP contribution in [0.1, 0.15) is 0 Å². The fraction of sp³-hybridized carbons (Fsp3) is 0. The predicted molar refractivity (Wildman–Crippen MR) is 72.0 cm³/mol. The number of fused-ring (bicyclic) bond motifs is 3. The van der Waals surface area contributed by atoms with Crippen LogP contribution < -0.4 is 0 Å². The zero-order chi connectivity index (χ0) is 11.1. The average Bonchev–Trinajstić information content (AvgIpc) is 2.33. The number of hydrogen-bond donors (Lipinski definition) is 0. The van der Waals surface area contributed by atoms with Crippen molar-refractivity contribution in [3.8, 4) is 0 Å². The van der Waals surface area contributed by atoms with E-state index in [0.717, 1.165) is 20.8 Å². The van der Waals surface area contributed by atoms with E-state index in [-0.39, 0.29) is 0 Å². The number of aromatic nitrogens is 1. The fourth-order valence-electron chi connectivity index (χ4n) is 1.88. The van der Waals surface area contributed by atoms with Crippen LogP contribution in [-0.2, 0) is 0 Å². The van der Waals surface area contributed by atoms with Crippen molar-refractivity contribution in [2.45, 2.75) is 0 Å². The van der Waals surface area contributed by atoms with Crippen molar-refractivity contribution in [3.63, 3.8) is 0 Å². The van der Waals surface area contributed by atoms with Crippen LogP contribution in [0.2, 0.25) is 5.02 Å². The van der Waals surface area contributed by atoms with Crippen LogP contribution in [0.25, 0.3) is 21.7 Å². The van der Waals surface area contributed by atoms with Crippen LogP contribution in [-0.4, -0.2) is 4.98 Å². The van der Waals surface area contributed by atoms with E-state index in [0.29, 0.717) is 5.02 Å². The average molecular weight is 293 g/mol. The first-order valence-electron chi connectivity index (χ1n) is 4.89. The molecule has 3 rings (SSSR count). The minimum absolute atomic E-state index is 0.641. The van der Waals surface area contributed by atoms with Gasteiger partial charge in [-0.2, -0.15) is 0 Å². The van der Waals surface area contributed by atoms with Gasteiger partial charge < -0.3 is 0 Å². The van der Waals surface area contributed by atoms with Gasteiger partial charge in [-0.3, -0.25) is 4.98 Å². The molecule has 0 saturated carbocycles. The van der Waals surface area contributed by atoms with E-state index in [1.807, 2.05) is 18.2 Å². The van der Waals surface area contributed by atoms with Crippen molar-refractivity contribution in [2.24, 2.45) is 0 Å². The summed E-state index contributed by atoms with van der Waals surface area (Å²) in [6, 6.07) is 12.3. The van der Waals surface area contributed by atoms with Gasteiger partial charge in [0.1, 0.15) is 0 Å². The first kappa shape index (κ1) is 10.1. The molecule has 0 aliphatic heterocycles. The quantitative estimate of drug-likeness (QED) is 0.542. The molecule has 2 aromatic carbocycles. The predicted octanol–water partition coefficient (Wildman–Crippen LogP) is 4.80. The molecule has 0 aliphatic carbocycles. The molecule has 78 valence electrons. The maximum Gasteiger partial charge on any atom is 0.0792 e.